The van der Waals surface area contributed by atoms with Gasteiger partial charge in [-0.3, -0.25) is 4.79 Å². The van der Waals surface area contributed by atoms with Crippen molar-refractivity contribution in [2.45, 2.75) is 64.0 Å². The lowest BCUT2D eigenvalue weighted by Crippen LogP contribution is -2.33. The molecule has 2 N–H and O–H groups in total. The Morgan fingerprint density at radius 3 is 2.52 bits per heavy atom. The second-order valence-corrected chi connectivity index (χ2v) is 6.64. The van der Waals surface area contributed by atoms with E-state index in [1.54, 1.807) is 0 Å². The fourth-order valence-corrected chi connectivity index (χ4v) is 3.44. The molecule has 2 aliphatic rings. The molecule has 0 bridgehead atoms. The van der Waals surface area contributed by atoms with E-state index in [1.165, 1.54) is 25.7 Å². The van der Waals surface area contributed by atoms with Crippen LogP contribution in [-0.4, -0.2) is 16.8 Å². The van der Waals surface area contributed by atoms with Crippen molar-refractivity contribution in [2.24, 2.45) is 5.92 Å². The van der Waals surface area contributed by atoms with Gasteiger partial charge < -0.3 is 10.6 Å². The molecule has 2 fully saturated rings. The maximum Gasteiger partial charge on any atom is 0.223 e. The molecule has 0 radical (unpaired) electrons. The first kappa shape index (κ1) is 14.4. The van der Waals surface area contributed by atoms with Gasteiger partial charge in [0.2, 0.25) is 5.91 Å². The van der Waals surface area contributed by atoms with Crippen molar-refractivity contribution in [3.8, 4) is 0 Å². The van der Waals surface area contributed by atoms with E-state index in [4.69, 9.17) is 5.73 Å². The normalized spacial score (nSPS) is 18.9. The van der Waals surface area contributed by atoms with E-state index in [-0.39, 0.29) is 0 Å². The number of amides is 1. The minimum atomic E-state index is 0.327. The lowest BCUT2D eigenvalue weighted by atomic mass is 10.0. The number of hydrogen-bond donors (Lipinski definition) is 1. The number of benzene rings is 1. The average molecular weight is 286 g/mol. The summed E-state index contributed by atoms with van der Waals surface area (Å²) >= 11 is 0. The molecular weight excluding hydrogens is 260 g/mol. The quantitative estimate of drug-likeness (QED) is 0.810. The highest BCUT2D eigenvalue weighted by Crippen LogP contribution is 2.32. The van der Waals surface area contributed by atoms with Crippen molar-refractivity contribution < 1.29 is 4.79 Å². The van der Waals surface area contributed by atoms with Gasteiger partial charge in [-0.1, -0.05) is 43.9 Å². The van der Waals surface area contributed by atoms with Gasteiger partial charge in [0.15, 0.2) is 0 Å². The molecule has 1 aromatic carbocycles. The number of carbonyl (C=O) groups excluding carboxylic acids is 1. The van der Waals surface area contributed by atoms with E-state index in [9.17, 15) is 4.79 Å². The van der Waals surface area contributed by atoms with Crippen LogP contribution >= 0.6 is 0 Å². The molecule has 3 heteroatoms. The Morgan fingerprint density at radius 1 is 1.14 bits per heavy atom. The molecule has 1 amide bonds. The molecule has 114 valence electrons. The van der Waals surface area contributed by atoms with Crippen LogP contribution in [0.2, 0.25) is 0 Å². The molecule has 3 rings (SSSR count). The van der Waals surface area contributed by atoms with Crippen LogP contribution in [0, 0.1) is 5.92 Å². The Bertz CT molecular complexity index is 490. The average Bonchev–Trinajstić information content (AvgIpc) is 3.19. The first-order valence-corrected chi connectivity index (χ1v) is 8.37. The van der Waals surface area contributed by atoms with Crippen molar-refractivity contribution in [2.75, 3.05) is 5.73 Å². The summed E-state index contributed by atoms with van der Waals surface area (Å²) in [6.45, 7) is 0.681. The summed E-state index contributed by atoms with van der Waals surface area (Å²) in [6.07, 6.45) is 9.45. The Labute approximate surface area is 127 Å². The Hall–Kier alpha value is -1.51. The maximum absolute atomic E-state index is 12.6. The molecule has 0 aliphatic heterocycles. The van der Waals surface area contributed by atoms with Crippen molar-refractivity contribution in [3.05, 3.63) is 29.8 Å². The lowest BCUT2D eigenvalue weighted by Gasteiger charge is -2.24. The van der Waals surface area contributed by atoms with Crippen molar-refractivity contribution in [1.29, 1.82) is 0 Å². The fourth-order valence-electron chi connectivity index (χ4n) is 3.44. The summed E-state index contributed by atoms with van der Waals surface area (Å²) in [5.74, 6) is 1.12. The minimum absolute atomic E-state index is 0.327. The number of anilines is 1. The van der Waals surface area contributed by atoms with Crippen molar-refractivity contribution in [1.82, 2.24) is 4.90 Å². The van der Waals surface area contributed by atoms with Crippen LogP contribution in [0.15, 0.2) is 24.3 Å². The molecule has 2 aliphatic carbocycles. The first-order chi connectivity index (χ1) is 10.2. The van der Waals surface area contributed by atoms with Gasteiger partial charge in [0.1, 0.15) is 0 Å². The highest BCUT2D eigenvalue weighted by atomic mass is 16.2. The van der Waals surface area contributed by atoms with E-state index < -0.39 is 0 Å². The molecule has 0 spiro atoms. The number of hydrogen-bond acceptors (Lipinski definition) is 2. The van der Waals surface area contributed by atoms with Gasteiger partial charge in [0, 0.05) is 24.7 Å². The summed E-state index contributed by atoms with van der Waals surface area (Å²) in [5.41, 5.74) is 7.91. The summed E-state index contributed by atoms with van der Waals surface area (Å²) in [4.78, 5) is 14.7. The van der Waals surface area contributed by atoms with Gasteiger partial charge in [0.05, 0.1) is 0 Å². The number of carbonyl (C=O) groups is 1. The molecule has 1 aromatic rings. The molecule has 0 saturated heterocycles. The summed E-state index contributed by atoms with van der Waals surface area (Å²) in [7, 11) is 0. The summed E-state index contributed by atoms with van der Waals surface area (Å²) in [5, 5.41) is 0. The third-order valence-electron chi connectivity index (χ3n) is 4.94. The van der Waals surface area contributed by atoms with Gasteiger partial charge in [-0.15, -0.1) is 0 Å². The second-order valence-electron chi connectivity index (χ2n) is 6.64. The Morgan fingerprint density at radius 2 is 1.86 bits per heavy atom. The summed E-state index contributed by atoms with van der Waals surface area (Å²) < 4.78 is 0. The van der Waals surface area contributed by atoms with Crippen molar-refractivity contribution >= 4 is 11.6 Å². The molecule has 0 heterocycles. The van der Waals surface area contributed by atoms with Gasteiger partial charge in [-0.05, 0) is 36.8 Å². The van der Waals surface area contributed by atoms with Gasteiger partial charge in [-0.25, -0.2) is 0 Å². The van der Waals surface area contributed by atoms with E-state index in [1.807, 2.05) is 24.3 Å². The predicted molar refractivity (Wildman–Crippen MR) is 85.6 cm³/mol. The molecule has 21 heavy (non-hydrogen) atoms. The molecule has 0 aromatic heterocycles. The number of rotatable bonds is 6. The maximum atomic E-state index is 12.6. The molecule has 2 saturated carbocycles. The molecule has 0 atom stereocenters. The zero-order valence-corrected chi connectivity index (χ0v) is 12.8. The number of para-hydroxylation sites is 1. The fraction of sp³-hybridized carbons (Fsp3) is 0.611. The predicted octanol–water partition coefficient (Wildman–Crippen LogP) is 3.73. The van der Waals surface area contributed by atoms with E-state index in [0.717, 1.165) is 36.4 Å². The topological polar surface area (TPSA) is 46.3 Å². The zero-order valence-electron chi connectivity index (χ0n) is 12.8. The van der Waals surface area contributed by atoms with E-state index in [2.05, 4.69) is 4.90 Å². The highest BCUT2D eigenvalue weighted by molar-refractivity contribution is 5.77. The monoisotopic (exact) mass is 286 g/mol. The number of nitrogens with two attached hydrogens (primary N) is 1. The van der Waals surface area contributed by atoms with E-state index in [0.29, 0.717) is 24.9 Å². The third-order valence-corrected chi connectivity index (χ3v) is 4.94. The van der Waals surface area contributed by atoms with Crippen LogP contribution in [0.5, 0.6) is 0 Å². The second kappa shape index (κ2) is 6.50. The standard InChI is InChI=1S/C18H26N2O/c19-17-8-4-3-7-15(17)13-20(16-10-11-16)18(21)12-9-14-5-1-2-6-14/h3-4,7-8,14,16H,1-2,5-6,9-13,19H2. The third kappa shape index (κ3) is 3.78. The van der Waals surface area contributed by atoms with Crippen LogP contribution in [0.1, 0.15) is 56.9 Å². The van der Waals surface area contributed by atoms with Crippen LogP contribution < -0.4 is 5.73 Å². The van der Waals surface area contributed by atoms with E-state index >= 15 is 0 Å². The summed E-state index contributed by atoms with van der Waals surface area (Å²) in [6, 6.07) is 8.36. The molecule has 0 unspecified atom stereocenters. The van der Waals surface area contributed by atoms with Crippen LogP contribution in [0.4, 0.5) is 5.69 Å². The number of nitrogens with zero attached hydrogens (tertiary/aromatic N) is 1. The van der Waals surface area contributed by atoms with Crippen LogP contribution in [0.3, 0.4) is 0 Å². The SMILES string of the molecule is Nc1ccccc1CN(C(=O)CCC1CCCC1)C1CC1. The van der Waals surface area contributed by atoms with Gasteiger partial charge >= 0.3 is 0 Å². The van der Waals surface area contributed by atoms with Gasteiger partial charge in [-0.2, -0.15) is 0 Å². The number of nitrogen functional groups attached to an aromatic ring is 1. The largest absolute Gasteiger partial charge is 0.398 e. The minimum Gasteiger partial charge on any atom is -0.398 e. The zero-order chi connectivity index (χ0) is 14.7. The van der Waals surface area contributed by atoms with Gasteiger partial charge in [0.25, 0.3) is 0 Å². The lowest BCUT2D eigenvalue weighted by molar-refractivity contribution is -0.132. The van der Waals surface area contributed by atoms with Crippen molar-refractivity contribution in [3.63, 3.8) is 0 Å². The Balaban J connectivity index is 1.58. The Kier molecular flexibility index (Phi) is 4.47. The molecular formula is C18H26N2O. The molecule has 3 nitrogen and oxygen atoms in total. The highest BCUT2D eigenvalue weighted by Gasteiger charge is 2.32. The first-order valence-electron chi connectivity index (χ1n) is 8.37. The van der Waals surface area contributed by atoms with Crippen LogP contribution in [0.25, 0.3) is 0 Å². The smallest absolute Gasteiger partial charge is 0.223 e. The van der Waals surface area contributed by atoms with Crippen LogP contribution in [-0.2, 0) is 11.3 Å².